The molecule has 0 aliphatic rings. The number of hydrogen-bond acceptors (Lipinski definition) is 3. The van der Waals surface area contributed by atoms with E-state index in [1.54, 1.807) is 22.8 Å². The summed E-state index contributed by atoms with van der Waals surface area (Å²) in [6, 6.07) is 33.4. The zero-order chi connectivity index (χ0) is 25.6. The summed E-state index contributed by atoms with van der Waals surface area (Å²) in [5.74, 6) is 0.695. The highest BCUT2D eigenvalue weighted by Gasteiger charge is 2.14. The Kier molecular flexibility index (Phi) is 7.08. The molecule has 184 valence electrons. The number of urea groups is 1. The SMILES string of the molecule is CCNC(=O)Nc1ccc2nc(Cc3ccccc3)n(Cc3ccc(-c4ccccc4)cc3)c(=O)c2c1. The zero-order valence-corrected chi connectivity index (χ0v) is 20.6. The van der Waals surface area contributed by atoms with Crippen LogP contribution in [-0.2, 0) is 13.0 Å². The maximum atomic E-state index is 13.8. The predicted octanol–water partition coefficient (Wildman–Crippen LogP) is 5.84. The second-order valence-corrected chi connectivity index (χ2v) is 8.86. The van der Waals surface area contributed by atoms with Crippen LogP contribution in [0.25, 0.3) is 22.0 Å². The molecule has 4 aromatic carbocycles. The van der Waals surface area contributed by atoms with Crippen LogP contribution in [0.1, 0.15) is 23.9 Å². The van der Waals surface area contributed by atoms with Gasteiger partial charge in [0.15, 0.2) is 0 Å². The molecule has 0 radical (unpaired) electrons. The van der Waals surface area contributed by atoms with Gasteiger partial charge in [-0.3, -0.25) is 9.36 Å². The van der Waals surface area contributed by atoms with E-state index in [0.29, 0.717) is 41.9 Å². The lowest BCUT2D eigenvalue weighted by Gasteiger charge is -2.15. The quantitative estimate of drug-likeness (QED) is 0.302. The molecule has 0 bridgehead atoms. The molecule has 1 heterocycles. The summed E-state index contributed by atoms with van der Waals surface area (Å²) in [4.78, 5) is 30.7. The fourth-order valence-electron chi connectivity index (χ4n) is 4.37. The van der Waals surface area contributed by atoms with Crippen molar-refractivity contribution in [3.05, 3.63) is 130 Å². The predicted molar refractivity (Wildman–Crippen MR) is 149 cm³/mol. The van der Waals surface area contributed by atoms with Crippen molar-refractivity contribution in [2.24, 2.45) is 0 Å². The van der Waals surface area contributed by atoms with Crippen molar-refractivity contribution in [3.8, 4) is 11.1 Å². The first-order chi connectivity index (χ1) is 18.1. The molecule has 0 aliphatic heterocycles. The number of carbonyl (C=O) groups is 1. The van der Waals surface area contributed by atoms with Crippen LogP contribution in [0.15, 0.2) is 108 Å². The zero-order valence-electron chi connectivity index (χ0n) is 20.6. The van der Waals surface area contributed by atoms with Crippen molar-refractivity contribution >= 4 is 22.6 Å². The Labute approximate surface area is 215 Å². The Morgan fingerprint density at radius 1 is 0.811 bits per heavy atom. The number of benzene rings is 4. The summed E-state index contributed by atoms with van der Waals surface area (Å²) in [7, 11) is 0. The molecule has 37 heavy (non-hydrogen) atoms. The van der Waals surface area contributed by atoms with Gasteiger partial charge in [0.2, 0.25) is 0 Å². The third kappa shape index (κ3) is 5.59. The summed E-state index contributed by atoms with van der Waals surface area (Å²) < 4.78 is 1.74. The van der Waals surface area contributed by atoms with Crippen LogP contribution in [0.4, 0.5) is 10.5 Å². The summed E-state index contributed by atoms with van der Waals surface area (Å²) in [5, 5.41) is 5.95. The van der Waals surface area contributed by atoms with Gasteiger partial charge in [-0.15, -0.1) is 0 Å². The van der Waals surface area contributed by atoms with E-state index >= 15 is 0 Å². The Morgan fingerprint density at radius 3 is 2.19 bits per heavy atom. The van der Waals surface area contributed by atoms with Gasteiger partial charge in [0.1, 0.15) is 5.82 Å². The van der Waals surface area contributed by atoms with Crippen molar-refractivity contribution in [1.29, 1.82) is 0 Å². The monoisotopic (exact) mass is 488 g/mol. The second-order valence-electron chi connectivity index (χ2n) is 8.86. The largest absolute Gasteiger partial charge is 0.338 e. The molecular weight excluding hydrogens is 460 g/mol. The number of rotatable bonds is 7. The summed E-state index contributed by atoms with van der Waals surface area (Å²) in [6.07, 6.45) is 0.535. The van der Waals surface area contributed by atoms with E-state index in [1.165, 1.54) is 0 Å². The Balaban J connectivity index is 1.54. The molecule has 0 fully saturated rings. The van der Waals surface area contributed by atoms with Crippen LogP contribution in [0.3, 0.4) is 0 Å². The third-order valence-electron chi connectivity index (χ3n) is 6.24. The van der Waals surface area contributed by atoms with Crippen molar-refractivity contribution < 1.29 is 4.79 Å². The number of aromatic nitrogens is 2. The lowest BCUT2D eigenvalue weighted by Crippen LogP contribution is -2.29. The van der Waals surface area contributed by atoms with E-state index in [0.717, 1.165) is 22.3 Å². The highest BCUT2D eigenvalue weighted by molar-refractivity contribution is 5.92. The van der Waals surface area contributed by atoms with Gasteiger partial charge in [0.05, 0.1) is 17.4 Å². The highest BCUT2D eigenvalue weighted by Crippen LogP contribution is 2.21. The van der Waals surface area contributed by atoms with E-state index in [2.05, 4.69) is 47.0 Å². The molecule has 5 rings (SSSR count). The van der Waals surface area contributed by atoms with Crippen LogP contribution in [0, 0.1) is 0 Å². The fourth-order valence-corrected chi connectivity index (χ4v) is 4.37. The minimum Gasteiger partial charge on any atom is -0.338 e. The minimum atomic E-state index is -0.311. The molecule has 0 saturated carbocycles. The van der Waals surface area contributed by atoms with Crippen LogP contribution >= 0.6 is 0 Å². The van der Waals surface area contributed by atoms with E-state index < -0.39 is 0 Å². The number of amides is 2. The molecule has 6 nitrogen and oxygen atoms in total. The summed E-state index contributed by atoms with van der Waals surface area (Å²) in [5.41, 5.74) is 5.38. The number of hydrogen-bond donors (Lipinski definition) is 2. The maximum absolute atomic E-state index is 13.8. The normalized spacial score (nSPS) is 10.8. The van der Waals surface area contributed by atoms with E-state index in [-0.39, 0.29) is 11.6 Å². The lowest BCUT2D eigenvalue weighted by molar-refractivity contribution is 0.252. The molecular formula is C31H28N4O2. The van der Waals surface area contributed by atoms with Crippen molar-refractivity contribution in [3.63, 3.8) is 0 Å². The smallest absolute Gasteiger partial charge is 0.319 e. The molecule has 1 aromatic heterocycles. The molecule has 0 spiro atoms. The molecule has 5 aromatic rings. The molecule has 0 atom stereocenters. The van der Waals surface area contributed by atoms with Gasteiger partial charge < -0.3 is 10.6 Å². The van der Waals surface area contributed by atoms with Gasteiger partial charge in [0.25, 0.3) is 5.56 Å². The highest BCUT2D eigenvalue weighted by atomic mass is 16.2. The molecule has 6 heteroatoms. The van der Waals surface area contributed by atoms with E-state index in [1.807, 2.05) is 55.5 Å². The Morgan fingerprint density at radius 2 is 1.49 bits per heavy atom. The first-order valence-electron chi connectivity index (χ1n) is 12.4. The van der Waals surface area contributed by atoms with Crippen LogP contribution in [0.5, 0.6) is 0 Å². The molecule has 2 N–H and O–H groups in total. The lowest BCUT2D eigenvalue weighted by atomic mass is 10.0. The molecule has 0 unspecified atom stereocenters. The minimum absolute atomic E-state index is 0.136. The Hall–Kier alpha value is -4.71. The van der Waals surface area contributed by atoms with E-state index in [4.69, 9.17) is 4.98 Å². The van der Waals surface area contributed by atoms with Gasteiger partial charge in [-0.25, -0.2) is 9.78 Å². The van der Waals surface area contributed by atoms with Crippen molar-refractivity contribution in [2.75, 3.05) is 11.9 Å². The first kappa shape index (κ1) is 24.0. The van der Waals surface area contributed by atoms with Crippen LogP contribution in [0.2, 0.25) is 0 Å². The number of anilines is 1. The number of nitrogens with one attached hydrogen (secondary N) is 2. The average molecular weight is 489 g/mol. The van der Waals surface area contributed by atoms with Gasteiger partial charge in [-0.2, -0.15) is 0 Å². The average Bonchev–Trinajstić information content (AvgIpc) is 2.93. The number of fused-ring (bicyclic) bond motifs is 1. The van der Waals surface area contributed by atoms with Crippen LogP contribution < -0.4 is 16.2 Å². The molecule has 0 aliphatic carbocycles. The van der Waals surface area contributed by atoms with E-state index in [9.17, 15) is 9.59 Å². The summed E-state index contributed by atoms with van der Waals surface area (Å²) >= 11 is 0. The van der Waals surface area contributed by atoms with Gasteiger partial charge in [0, 0.05) is 18.7 Å². The van der Waals surface area contributed by atoms with Crippen molar-refractivity contribution in [1.82, 2.24) is 14.9 Å². The third-order valence-corrected chi connectivity index (χ3v) is 6.24. The van der Waals surface area contributed by atoms with Gasteiger partial charge in [-0.05, 0) is 47.4 Å². The number of nitrogens with zero attached hydrogens (tertiary/aromatic N) is 2. The standard InChI is InChI=1S/C31H28N4O2/c1-2-32-31(37)33-26-17-18-28-27(20-26)30(36)35(29(34-28)19-22-9-5-3-6-10-22)21-23-13-15-25(16-14-23)24-11-7-4-8-12-24/h3-18,20H,2,19,21H2,1H3,(H2,32,33,37). The van der Waals surface area contributed by atoms with Crippen molar-refractivity contribution in [2.45, 2.75) is 19.9 Å². The topological polar surface area (TPSA) is 76.0 Å². The summed E-state index contributed by atoms with van der Waals surface area (Å²) in [6.45, 7) is 2.76. The Bertz CT molecular complexity index is 1580. The molecule has 0 saturated heterocycles. The van der Waals surface area contributed by atoms with Crippen LogP contribution in [-0.4, -0.2) is 22.1 Å². The molecule has 2 amide bonds. The fraction of sp³-hybridized carbons (Fsp3) is 0.129. The van der Waals surface area contributed by atoms with Gasteiger partial charge in [-0.1, -0.05) is 84.9 Å². The second kappa shape index (κ2) is 10.9. The number of carbonyl (C=O) groups excluding carboxylic acids is 1. The van der Waals surface area contributed by atoms with Gasteiger partial charge >= 0.3 is 6.03 Å². The maximum Gasteiger partial charge on any atom is 0.319 e. The first-order valence-corrected chi connectivity index (χ1v) is 12.4.